The van der Waals surface area contributed by atoms with Crippen LogP contribution in [0.2, 0.25) is 0 Å². The summed E-state index contributed by atoms with van der Waals surface area (Å²) < 4.78 is 22.8. The third kappa shape index (κ3) is 1.64. The van der Waals surface area contributed by atoms with E-state index in [0.29, 0.717) is 13.1 Å². The molecule has 2 N–H and O–H groups in total. The Kier molecular flexibility index (Phi) is 2.27. The maximum Gasteiger partial charge on any atom is 0.307 e. The van der Waals surface area contributed by atoms with Crippen molar-refractivity contribution < 1.29 is 18.3 Å². The van der Waals surface area contributed by atoms with Gasteiger partial charge in [0.1, 0.15) is 0 Å². The summed E-state index contributed by atoms with van der Waals surface area (Å²) >= 11 is 0. The smallest absolute Gasteiger partial charge is 0.307 e. The molecule has 5 nitrogen and oxygen atoms in total. The third-order valence-corrected chi connectivity index (χ3v) is 4.92. The van der Waals surface area contributed by atoms with Crippen LogP contribution in [-0.4, -0.2) is 44.1 Å². The van der Waals surface area contributed by atoms with Gasteiger partial charge in [0, 0.05) is 0 Å². The van der Waals surface area contributed by atoms with Gasteiger partial charge in [-0.1, -0.05) is 0 Å². The van der Waals surface area contributed by atoms with E-state index in [9.17, 15) is 13.2 Å². The summed E-state index contributed by atoms with van der Waals surface area (Å²) in [6.07, 6.45) is 0. The van der Waals surface area contributed by atoms with Gasteiger partial charge >= 0.3 is 5.97 Å². The van der Waals surface area contributed by atoms with Crippen molar-refractivity contribution >= 4 is 15.8 Å². The highest BCUT2D eigenvalue weighted by Gasteiger charge is 2.46. The van der Waals surface area contributed by atoms with E-state index >= 15 is 0 Å². The van der Waals surface area contributed by atoms with Crippen LogP contribution in [-0.2, 0) is 14.6 Å². The number of hydrogen-bond donors (Lipinski definition) is 2. The molecule has 2 aliphatic heterocycles. The minimum absolute atomic E-state index is 0.0213. The average Bonchev–Trinajstić information content (AvgIpc) is 1.99. The Labute approximate surface area is 82.4 Å². The van der Waals surface area contributed by atoms with E-state index in [1.54, 1.807) is 0 Å². The highest BCUT2D eigenvalue weighted by molar-refractivity contribution is 7.91. The van der Waals surface area contributed by atoms with Crippen LogP contribution in [0.1, 0.15) is 0 Å². The first-order valence-corrected chi connectivity index (χ1v) is 6.46. The molecule has 2 heterocycles. The molecule has 2 aliphatic rings. The van der Waals surface area contributed by atoms with Crippen molar-refractivity contribution in [1.82, 2.24) is 5.32 Å². The van der Waals surface area contributed by atoms with E-state index in [2.05, 4.69) is 5.32 Å². The van der Waals surface area contributed by atoms with Gasteiger partial charge in [-0.05, 0) is 24.9 Å². The molecule has 0 radical (unpaired) electrons. The van der Waals surface area contributed by atoms with E-state index in [0.717, 1.165) is 0 Å². The van der Waals surface area contributed by atoms with E-state index in [4.69, 9.17) is 5.11 Å². The van der Waals surface area contributed by atoms with Crippen molar-refractivity contribution in [2.45, 2.75) is 0 Å². The van der Waals surface area contributed by atoms with Crippen LogP contribution < -0.4 is 5.32 Å². The summed E-state index contributed by atoms with van der Waals surface area (Å²) in [4.78, 5) is 11.0. The molecule has 2 rings (SSSR count). The zero-order chi connectivity index (χ0) is 10.3. The van der Waals surface area contributed by atoms with Crippen LogP contribution in [0.15, 0.2) is 0 Å². The number of hydrogen-bond acceptors (Lipinski definition) is 4. The molecule has 80 valence electrons. The van der Waals surface area contributed by atoms with Crippen LogP contribution in [0.25, 0.3) is 0 Å². The summed E-state index contributed by atoms with van der Waals surface area (Å²) in [6, 6.07) is 0. The van der Waals surface area contributed by atoms with E-state index in [-0.39, 0.29) is 23.3 Å². The number of rotatable bonds is 1. The lowest BCUT2D eigenvalue weighted by molar-refractivity contribution is -0.146. The normalized spacial score (nSPS) is 40.4. The maximum atomic E-state index is 11.4. The average molecular weight is 219 g/mol. The zero-order valence-corrected chi connectivity index (χ0v) is 8.46. The van der Waals surface area contributed by atoms with Gasteiger partial charge in [0.15, 0.2) is 9.84 Å². The Balaban J connectivity index is 2.28. The highest BCUT2D eigenvalue weighted by atomic mass is 32.2. The first-order chi connectivity index (χ1) is 6.49. The number of carbonyl (C=O) groups is 1. The number of fused-ring (bicyclic) bond motifs is 2. The standard InChI is InChI=1S/C8H13NO4S/c10-8(11)7-5-1-9-2-6(7)4-14(12,13)3-5/h5-7,9H,1-4H2,(H,10,11)/t5-,6+,7?. The van der Waals surface area contributed by atoms with E-state index in [1.807, 2.05) is 0 Å². The SMILES string of the molecule is O=C(O)C1[C@@H]2CNC[C@H]1CS(=O)(=O)C2. The number of nitrogens with one attached hydrogen (secondary N) is 1. The molecule has 0 spiro atoms. The Hall–Kier alpha value is -0.620. The Bertz CT molecular complexity index is 330. The quantitative estimate of drug-likeness (QED) is 0.588. The molecule has 14 heavy (non-hydrogen) atoms. The van der Waals surface area contributed by atoms with Crippen molar-refractivity contribution in [2.75, 3.05) is 24.6 Å². The van der Waals surface area contributed by atoms with Gasteiger partial charge in [0.25, 0.3) is 0 Å². The predicted molar refractivity (Wildman–Crippen MR) is 49.6 cm³/mol. The molecule has 0 aromatic rings. The Morgan fingerprint density at radius 1 is 1.21 bits per heavy atom. The summed E-state index contributed by atoms with van der Waals surface area (Å²) in [7, 11) is -3.01. The molecule has 1 unspecified atom stereocenters. The van der Waals surface area contributed by atoms with Crippen LogP contribution in [0.4, 0.5) is 0 Å². The topological polar surface area (TPSA) is 83.5 Å². The first kappa shape index (κ1) is 9.92. The summed E-state index contributed by atoms with van der Waals surface area (Å²) in [5.74, 6) is -1.77. The van der Waals surface area contributed by atoms with Gasteiger partial charge in [0.2, 0.25) is 0 Å². The Morgan fingerprint density at radius 3 is 2.14 bits per heavy atom. The first-order valence-electron chi connectivity index (χ1n) is 4.63. The molecule has 0 aromatic heterocycles. The zero-order valence-electron chi connectivity index (χ0n) is 7.64. The third-order valence-electron chi connectivity index (χ3n) is 3.05. The molecule has 0 amide bonds. The molecule has 2 fully saturated rings. The number of carboxylic acids is 1. The summed E-state index contributed by atoms with van der Waals surface area (Å²) in [5.41, 5.74) is 0. The molecule has 0 aliphatic carbocycles. The van der Waals surface area contributed by atoms with Crippen LogP contribution in [0.5, 0.6) is 0 Å². The van der Waals surface area contributed by atoms with Gasteiger partial charge in [-0.15, -0.1) is 0 Å². The molecular formula is C8H13NO4S. The predicted octanol–water partition coefficient (Wildman–Crippen LogP) is -1.05. The second-order valence-corrected chi connectivity index (χ2v) is 6.27. The van der Waals surface area contributed by atoms with Crippen LogP contribution in [0, 0.1) is 17.8 Å². The fourth-order valence-electron chi connectivity index (χ4n) is 2.54. The lowest BCUT2D eigenvalue weighted by Crippen LogP contribution is -2.55. The van der Waals surface area contributed by atoms with Crippen LogP contribution >= 0.6 is 0 Å². The highest BCUT2D eigenvalue weighted by Crippen LogP contribution is 2.32. The molecule has 3 atom stereocenters. The van der Waals surface area contributed by atoms with Gasteiger partial charge < -0.3 is 10.4 Å². The number of sulfone groups is 1. The maximum absolute atomic E-state index is 11.4. The van der Waals surface area contributed by atoms with Crippen molar-refractivity contribution in [1.29, 1.82) is 0 Å². The minimum Gasteiger partial charge on any atom is -0.481 e. The summed E-state index contributed by atoms with van der Waals surface area (Å²) in [6.45, 7) is 1.01. The van der Waals surface area contributed by atoms with Gasteiger partial charge in [-0.3, -0.25) is 4.79 Å². The van der Waals surface area contributed by atoms with E-state index in [1.165, 1.54) is 0 Å². The number of carboxylic acid groups (broad SMARTS) is 1. The number of aliphatic carboxylic acids is 1. The second-order valence-electron chi connectivity index (χ2n) is 4.12. The molecule has 0 saturated carbocycles. The minimum atomic E-state index is -3.01. The van der Waals surface area contributed by atoms with Crippen LogP contribution in [0.3, 0.4) is 0 Å². The fraction of sp³-hybridized carbons (Fsp3) is 0.875. The van der Waals surface area contributed by atoms with Crippen molar-refractivity contribution in [2.24, 2.45) is 17.8 Å². The summed E-state index contributed by atoms with van der Waals surface area (Å²) in [5, 5.41) is 12.1. The second kappa shape index (κ2) is 3.20. The molecule has 2 bridgehead atoms. The Morgan fingerprint density at radius 2 is 1.71 bits per heavy atom. The molecule has 6 heteroatoms. The largest absolute Gasteiger partial charge is 0.481 e. The van der Waals surface area contributed by atoms with Gasteiger partial charge in [-0.25, -0.2) is 8.42 Å². The van der Waals surface area contributed by atoms with Gasteiger partial charge in [0.05, 0.1) is 17.4 Å². The molecule has 2 saturated heterocycles. The van der Waals surface area contributed by atoms with Crippen molar-refractivity contribution in [3.63, 3.8) is 0 Å². The molecule has 0 aromatic carbocycles. The number of piperidine rings is 1. The lowest BCUT2D eigenvalue weighted by Gasteiger charge is -2.39. The van der Waals surface area contributed by atoms with Gasteiger partial charge in [-0.2, -0.15) is 0 Å². The lowest BCUT2D eigenvalue weighted by atomic mass is 9.80. The van der Waals surface area contributed by atoms with Crippen molar-refractivity contribution in [3.8, 4) is 0 Å². The monoisotopic (exact) mass is 219 g/mol. The van der Waals surface area contributed by atoms with E-state index < -0.39 is 21.7 Å². The van der Waals surface area contributed by atoms with Crippen molar-refractivity contribution in [3.05, 3.63) is 0 Å². The molecular weight excluding hydrogens is 206 g/mol. The fourth-order valence-corrected chi connectivity index (χ4v) is 4.63.